The van der Waals surface area contributed by atoms with E-state index >= 15 is 0 Å². The normalized spacial score (nSPS) is 18.5. The Kier molecular flexibility index (Phi) is 6.75. The standard InChI is InChI=1S/C14H29N3O2/c1-4-19-11-10-17(3)9-5-8-14(2,13(15)18)16-12-6-7-12/h12,16H,4-11H2,1-3H3,(H2,15,18). The molecule has 0 heterocycles. The molecule has 3 N–H and O–H groups in total. The van der Waals surface area contributed by atoms with Crippen LogP contribution in [0.5, 0.6) is 0 Å². The van der Waals surface area contributed by atoms with Gasteiger partial charge in [0.05, 0.1) is 12.1 Å². The lowest BCUT2D eigenvalue weighted by molar-refractivity contribution is -0.124. The van der Waals surface area contributed by atoms with Gasteiger partial charge >= 0.3 is 0 Å². The molecule has 1 aliphatic carbocycles. The lowest BCUT2D eigenvalue weighted by Gasteiger charge is -2.28. The molecular formula is C14H29N3O2. The van der Waals surface area contributed by atoms with Gasteiger partial charge in [0.25, 0.3) is 0 Å². The Balaban J connectivity index is 2.22. The van der Waals surface area contributed by atoms with Gasteiger partial charge in [0.2, 0.25) is 5.91 Å². The summed E-state index contributed by atoms with van der Waals surface area (Å²) in [6.07, 6.45) is 4.08. The molecule has 0 aromatic heterocycles. The maximum absolute atomic E-state index is 11.6. The monoisotopic (exact) mass is 271 g/mol. The number of nitrogens with one attached hydrogen (secondary N) is 1. The first-order valence-corrected chi connectivity index (χ1v) is 7.32. The number of carbonyl (C=O) groups is 1. The van der Waals surface area contributed by atoms with Gasteiger partial charge in [0, 0.05) is 19.2 Å². The highest BCUT2D eigenvalue weighted by Gasteiger charge is 2.36. The minimum atomic E-state index is -0.554. The topological polar surface area (TPSA) is 67.6 Å². The van der Waals surface area contributed by atoms with Crippen molar-refractivity contribution in [3.8, 4) is 0 Å². The van der Waals surface area contributed by atoms with Crippen molar-refractivity contribution in [2.24, 2.45) is 5.73 Å². The molecule has 0 aromatic carbocycles. The minimum absolute atomic E-state index is 0.239. The molecule has 5 heteroatoms. The molecule has 1 rings (SSSR count). The first-order valence-electron chi connectivity index (χ1n) is 7.32. The zero-order valence-corrected chi connectivity index (χ0v) is 12.6. The summed E-state index contributed by atoms with van der Waals surface area (Å²) in [7, 11) is 2.08. The molecule has 1 saturated carbocycles. The fourth-order valence-corrected chi connectivity index (χ4v) is 2.12. The van der Waals surface area contributed by atoms with Crippen molar-refractivity contribution in [1.82, 2.24) is 10.2 Å². The number of nitrogens with two attached hydrogens (primary N) is 1. The van der Waals surface area contributed by atoms with Crippen molar-refractivity contribution in [1.29, 1.82) is 0 Å². The molecule has 1 amide bonds. The van der Waals surface area contributed by atoms with E-state index in [1.807, 2.05) is 13.8 Å². The van der Waals surface area contributed by atoms with E-state index < -0.39 is 5.54 Å². The first kappa shape index (κ1) is 16.4. The van der Waals surface area contributed by atoms with Crippen LogP contribution in [0.1, 0.15) is 39.5 Å². The number of nitrogens with zero attached hydrogens (tertiary/aromatic N) is 1. The summed E-state index contributed by atoms with van der Waals surface area (Å²) in [6.45, 7) is 7.34. The summed E-state index contributed by atoms with van der Waals surface area (Å²) in [4.78, 5) is 13.8. The van der Waals surface area contributed by atoms with Crippen LogP contribution in [0.2, 0.25) is 0 Å². The van der Waals surface area contributed by atoms with E-state index in [4.69, 9.17) is 10.5 Å². The quantitative estimate of drug-likeness (QED) is 0.544. The number of hydrogen-bond donors (Lipinski definition) is 2. The Morgan fingerprint density at radius 2 is 2.16 bits per heavy atom. The lowest BCUT2D eigenvalue weighted by Crippen LogP contribution is -2.54. The second-order valence-corrected chi connectivity index (χ2v) is 5.72. The molecule has 1 aliphatic rings. The summed E-state index contributed by atoms with van der Waals surface area (Å²) >= 11 is 0. The molecule has 0 aliphatic heterocycles. The van der Waals surface area contributed by atoms with E-state index in [2.05, 4.69) is 17.3 Å². The van der Waals surface area contributed by atoms with E-state index in [-0.39, 0.29) is 5.91 Å². The molecule has 0 spiro atoms. The maximum Gasteiger partial charge on any atom is 0.237 e. The van der Waals surface area contributed by atoms with Crippen molar-refractivity contribution in [2.45, 2.75) is 51.1 Å². The van der Waals surface area contributed by atoms with Crippen molar-refractivity contribution < 1.29 is 9.53 Å². The predicted octanol–water partition coefficient (Wildman–Crippen LogP) is 0.731. The van der Waals surface area contributed by atoms with Gasteiger partial charge in [-0.2, -0.15) is 0 Å². The summed E-state index contributed by atoms with van der Waals surface area (Å²) in [6, 6.07) is 0.494. The fraction of sp³-hybridized carbons (Fsp3) is 0.929. The summed E-state index contributed by atoms with van der Waals surface area (Å²) in [5.74, 6) is -0.239. The second kappa shape index (κ2) is 7.82. The third-order valence-electron chi connectivity index (χ3n) is 3.68. The fourth-order valence-electron chi connectivity index (χ4n) is 2.12. The number of ether oxygens (including phenoxy) is 1. The zero-order chi connectivity index (χ0) is 14.3. The van der Waals surface area contributed by atoms with Gasteiger partial charge in [-0.05, 0) is 53.1 Å². The molecule has 0 radical (unpaired) electrons. The Morgan fingerprint density at radius 1 is 1.47 bits per heavy atom. The largest absolute Gasteiger partial charge is 0.380 e. The first-order chi connectivity index (χ1) is 8.98. The van der Waals surface area contributed by atoms with Gasteiger partial charge < -0.3 is 20.7 Å². The SMILES string of the molecule is CCOCCN(C)CCCC(C)(NC1CC1)C(N)=O. The summed E-state index contributed by atoms with van der Waals surface area (Å²) in [5, 5.41) is 3.38. The Labute approximate surface area is 116 Å². The molecule has 112 valence electrons. The van der Waals surface area contributed by atoms with Crippen molar-refractivity contribution in [2.75, 3.05) is 33.4 Å². The molecule has 1 unspecified atom stereocenters. The summed E-state index contributed by atoms with van der Waals surface area (Å²) < 4.78 is 5.32. The zero-order valence-electron chi connectivity index (χ0n) is 12.6. The number of carbonyl (C=O) groups excluding carboxylic acids is 1. The Hall–Kier alpha value is -0.650. The van der Waals surface area contributed by atoms with Gasteiger partial charge in [0.1, 0.15) is 0 Å². The lowest BCUT2D eigenvalue weighted by atomic mass is 9.94. The van der Waals surface area contributed by atoms with Crippen LogP contribution in [0.25, 0.3) is 0 Å². The Morgan fingerprint density at radius 3 is 2.68 bits per heavy atom. The van der Waals surface area contributed by atoms with Gasteiger partial charge in [-0.3, -0.25) is 4.79 Å². The van der Waals surface area contributed by atoms with Crippen molar-refractivity contribution in [3.05, 3.63) is 0 Å². The molecule has 19 heavy (non-hydrogen) atoms. The molecule has 0 aromatic rings. The van der Waals surface area contributed by atoms with Gasteiger partial charge in [-0.15, -0.1) is 0 Å². The van der Waals surface area contributed by atoms with Crippen LogP contribution in [-0.2, 0) is 9.53 Å². The van der Waals surface area contributed by atoms with Crippen LogP contribution in [0.15, 0.2) is 0 Å². The number of likely N-dealkylation sites (N-methyl/N-ethyl adjacent to an activating group) is 1. The van der Waals surface area contributed by atoms with Gasteiger partial charge in [-0.25, -0.2) is 0 Å². The number of hydrogen-bond acceptors (Lipinski definition) is 4. The number of rotatable bonds is 11. The van der Waals surface area contributed by atoms with E-state index in [9.17, 15) is 4.79 Å². The maximum atomic E-state index is 11.6. The van der Waals surface area contributed by atoms with Crippen LogP contribution in [0, 0.1) is 0 Å². The van der Waals surface area contributed by atoms with E-state index in [1.54, 1.807) is 0 Å². The highest BCUT2D eigenvalue weighted by molar-refractivity contribution is 5.84. The minimum Gasteiger partial charge on any atom is -0.380 e. The van der Waals surface area contributed by atoms with Crippen LogP contribution < -0.4 is 11.1 Å². The molecule has 0 saturated heterocycles. The predicted molar refractivity (Wildman–Crippen MR) is 77.0 cm³/mol. The molecular weight excluding hydrogens is 242 g/mol. The third-order valence-corrected chi connectivity index (χ3v) is 3.68. The van der Waals surface area contributed by atoms with E-state index in [1.165, 1.54) is 0 Å². The molecule has 0 bridgehead atoms. The highest BCUT2D eigenvalue weighted by Crippen LogP contribution is 2.24. The smallest absolute Gasteiger partial charge is 0.237 e. The average molecular weight is 271 g/mol. The average Bonchev–Trinajstić information content (AvgIpc) is 3.13. The van der Waals surface area contributed by atoms with Gasteiger partial charge in [-0.1, -0.05) is 0 Å². The van der Waals surface area contributed by atoms with Crippen LogP contribution in [0.3, 0.4) is 0 Å². The molecule has 1 fully saturated rings. The van der Waals surface area contributed by atoms with Crippen LogP contribution in [-0.4, -0.2) is 55.7 Å². The third kappa shape index (κ3) is 6.36. The van der Waals surface area contributed by atoms with E-state index in [0.29, 0.717) is 6.04 Å². The summed E-state index contributed by atoms with van der Waals surface area (Å²) in [5.41, 5.74) is 4.97. The van der Waals surface area contributed by atoms with Crippen LogP contribution >= 0.6 is 0 Å². The Bertz CT molecular complexity index is 282. The number of primary amides is 1. The van der Waals surface area contributed by atoms with Gasteiger partial charge in [0.15, 0.2) is 0 Å². The second-order valence-electron chi connectivity index (χ2n) is 5.72. The van der Waals surface area contributed by atoms with Crippen molar-refractivity contribution >= 4 is 5.91 Å². The van der Waals surface area contributed by atoms with Crippen LogP contribution in [0.4, 0.5) is 0 Å². The molecule has 5 nitrogen and oxygen atoms in total. The highest BCUT2D eigenvalue weighted by atomic mass is 16.5. The van der Waals surface area contributed by atoms with Crippen molar-refractivity contribution in [3.63, 3.8) is 0 Å². The number of amides is 1. The van der Waals surface area contributed by atoms with E-state index in [0.717, 1.165) is 52.0 Å². The molecule has 1 atom stereocenters.